The first-order chi connectivity index (χ1) is 4.38. The number of hydrogen-bond acceptors (Lipinski definition) is 1. The zero-order chi connectivity index (χ0) is 6.27. The van der Waals surface area contributed by atoms with Crippen LogP contribution < -0.4 is 5.32 Å². The second-order valence-electron chi connectivity index (χ2n) is 2.33. The minimum absolute atomic E-state index is 0.0379. The minimum Gasteiger partial charge on any atom is -0.317 e. The van der Waals surface area contributed by atoms with Gasteiger partial charge >= 0.3 is 6.03 Å². The second kappa shape index (κ2) is 1.50. The van der Waals surface area contributed by atoms with Gasteiger partial charge in [0.1, 0.15) is 6.17 Å². The molecule has 0 aliphatic carbocycles. The molecule has 2 aliphatic rings. The summed E-state index contributed by atoms with van der Waals surface area (Å²) in [5.74, 6) is 0. The molecule has 9 heavy (non-hydrogen) atoms. The third-order valence-corrected chi connectivity index (χ3v) is 1.73. The average molecular weight is 124 g/mol. The first-order valence-corrected chi connectivity index (χ1v) is 3.13. The smallest absolute Gasteiger partial charge is 0.317 e. The van der Waals surface area contributed by atoms with Crippen molar-refractivity contribution in [2.75, 3.05) is 0 Å². The molecule has 48 valence electrons. The van der Waals surface area contributed by atoms with E-state index >= 15 is 0 Å². The number of nitrogens with zero attached hydrogens (tertiary/aromatic N) is 1. The van der Waals surface area contributed by atoms with Gasteiger partial charge in [-0.25, -0.2) is 4.79 Å². The topological polar surface area (TPSA) is 32.3 Å². The molecule has 2 rings (SSSR count). The van der Waals surface area contributed by atoms with E-state index in [1.54, 1.807) is 4.90 Å². The van der Waals surface area contributed by atoms with Crippen molar-refractivity contribution in [1.82, 2.24) is 10.2 Å². The number of urea groups is 1. The maximum atomic E-state index is 10.6. The summed E-state index contributed by atoms with van der Waals surface area (Å²) in [5.41, 5.74) is 0. The number of carbonyl (C=O) groups excluding carboxylic acids is 1. The highest BCUT2D eigenvalue weighted by atomic mass is 16.2. The summed E-state index contributed by atoms with van der Waals surface area (Å²) in [5, 5.41) is 2.78. The number of allylic oxidation sites excluding steroid dienone is 1. The lowest BCUT2D eigenvalue weighted by atomic mass is 10.1. The van der Waals surface area contributed by atoms with Crippen LogP contribution in [0.15, 0.2) is 12.3 Å². The SMILES string of the molecule is O=C1N[C@H]2CCC=CN12. The second-order valence-corrected chi connectivity index (χ2v) is 2.33. The predicted octanol–water partition coefficient (Wildman–Crippen LogP) is 0.645. The molecule has 2 aliphatic heterocycles. The molecule has 0 radical (unpaired) electrons. The first-order valence-electron chi connectivity index (χ1n) is 3.13. The minimum atomic E-state index is 0.0379. The standard InChI is InChI=1S/C6H8N2O/c9-6-7-5-3-1-2-4-8(5)6/h2,4-5H,1,3H2,(H,7,9)/t5-/m1/s1. The van der Waals surface area contributed by atoms with Gasteiger partial charge in [-0.15, -0.1) is 0 Å². The van der Waals surface area contributed by atoms with Crippen molar-refractivity contribution in [3.8, 4) is 0 Å². The summed E-state index contributed by atoms with van der Waals surface area (Å²) < 4.78 is 0. The summed E-state index contributed by atoms with van der Waals surface area (Å²) in [7, 11) is 0. The Morgan fingerprint density at radius 2 is 2.67 bits per heavy atom. The Bertz CT molecular complexity index is 176. The number of carbonyl (C=O) groups is 1. The lowest BCUT2D eigenvalue weighted by molar-refractivity contribution is 0.130. The molecule has 0 aromatic heterocycles. The molecule has 2 heterocycles. The van der Waals surface area contributed by atoms with E-state index in [2.05, 4.69) is 5.32 Å². The summed E-state index contributed by atoms with van der Waals surface area (Å²) in [6.45, 7) is 0. The van der Waals surface area contributed by atoms with Gasteiger partial charge in [0.05, 0.1) is 0 Å². The van der Waals surface area contributed by atoms with Crippen LogP contribution in [0.2, 0.25) is 0 Å². The fourth-order valence-corrected chi connectivity index (χ4v) is 1.19. The molecule has 2 amide bonds. The van der Waals surface area contributed by atoms with E-state index in [4.69, 9.17) is 0 Å². The molecular weight excluding hydrogens is 116 g/mol. The van der Waals surface area contributed by atoms with Gasteiger partial charge in [0.2, 0.25) is 0 Å². The van der Waals surface area contributed by atoms with Crippen molar-refractivity contribution in [3.63, 3.8) is 0 Å². The van der Waals surface area contributed by atoms with Crippen molar-refractivity contribution in [1.29, 1.82) is 0 Å². The number of nitrogens with one attached hydrogen (secondary N) is 1. The zero-order valence-corrected chi connectivity index (χ0v) is 5.00. The van der Waals surface area contributed by atoms with Crippen LogP contribution in [0.3, 0.4) is 0 Å². The molecule has 0 aromatic rings. The van der Waals surface area contributed by atoms with E-state index in [1.165, 1.54) is 0 Å². The zero-order valence-electron chi connectivity index (χ0n) is 5.00. The average Bonchev–Trinajstić information content (AvgIpc) is 1.86. The monoisotopic (exact) mass is 124 g/mol. The lowest BCUT2D eigenvalue weighted by Gasteiger charge is -2.41. The Hall–Kier alpha value is -0.990. The van der Waals surface area contributed by atoms with Gasteiger partial charge in [-0.3, -0.25) is 4.90 Å². The van der Waals surface area contributed by atoms with E-state index in [0.717, 1.165) is 12.8 Å². The van der Waals surface area contributed by atoms with Crippen molar-refractivity contribution >= 4 is 6.03 Å². The number of rotatable bonds is 0. The Kier molecular flexibility index (Phi) is 0.806. The molecule has 0 bridgehead atoms. The summed E-state index contributed by atoms with van der Waals surface area (Å²) in [6.07, 6.45) is 6.33. The van der Waals surface area contributed by atoms with Gasteiger partial charge in [0, 0.05) is 6.20 Å². The number of hydrogen-bond donors (Lipinski definition) is 1. The Balaban J connectivity index is 2.16. The summed E-state index contributed by atoms with van der Waals surface area (Å²) >= 11 is 0. The fourth-order valence-electron chi connectivity index (χ4n) is 1.19. The van der Waals surface area contributed by atoms with Gasteiger partial charge < -0.3 is 5.32 Å². The van der Waals surface area contributed by atoms with Crippen LogP contribution in [0.5, 0.6) is 0 Å². The van der Waals surface area contributed by atoms with E-state index in [-0.39, 0.29) is 6.03 Å². The molecule has 0 saturated carbocycles. The molecule has 1 atom stereocenters. The van der Waals surface area contributed by atoms with Crippen LogP contribution in [0.4, 0.5) is 4.79 Å². The predicted molar refractivity (Wildman–Crippen MR) is 32.5 cm³/mol. The Morgan fingerprint density at radius 3 is 3.22 bits per heavy atom. The Morgan fingerprint density at radius 1 is 1.78 bits per heavy atom. The molecule has 0 spiro atoms. The number of fused-ring (bicyclic) bond motifs is 1. The van der Waals surface area contributed by atoms with E-state index in [1.807, 2.05) is 12.3 Å². The first kappa shape index (κ1) is 4.85. The third kappa shape index (κ3) is 0.542. The quantitative estimate of drug-likeness (QED) is 0.505. The van der Waals surface area contributed by atoms with E-state index < -0.39 is 0 Å². The van der Waals surface area contributed by atoms with Crippen molar-refractivity contribution in [2.24, 2.45) is 0 Å². The third-order valence-electron chi connectivity index (χ3n) is 1.73. The van der Waals surface area contributed by atoms with Gasteiger partial charge in [0.25, 0.3) is 0 Å². The van der Waals surface area contributed by atoms with Crippen LogP contribution in [0.1, 0.15) is 12.8 Å². The maximum absolute atomic E-state index is 10.6. The van der Waals surface area contributed by atoms with E-state index in [9.17, 15) is 4.79 Å². The highest BCUT2D eigenvalue weighted by molar-refractivity contribution is 5.81. The molecule has 0 aromatic carbocycles. The van der Waals surface area contributed by atoms with Gasteiger partial charge in [-0.05, 0) is 12.8 Å². The number of amides is 2. The van der Waals surface area contributed by atoms with Crippen LogP contribution in [0.25, 0.3) is 0 Å². The van der Waals surface area contributed by atoms with Crippen LogP contribution >= 0.6 is 0 Å². The Labute approximate surface area is 53.3 Å². The van der Waals surface area contributed by atoms with Crippen molar-refractivity contribution in [3.05, 3.63) is 12.3 Å². The molecule has 3 nitrogen and oxygen atoms in total. The van der Waals surface area contributed by atoms with E-state index in [0.29, 0.717) is 6.17 Å². The molecule has 1 fully saturated rings. The summed E-state index contributed by atoms with van der Waals surface area (Å²) in [6, 6.07) is 0.0379. The highest BCUT2D eigenvalue weighted by Gasteiger charge is 2.33. The van der Waals surface area contributed by atoms with Gasteiger partial charge in [0.15, 0.2) is 0 Å². The van der Waals surface area contributed by atoms with Crippen LogP contribution in [0, 0.1) is 0 Å². The van der Waals surface area contributed by atoms with Crippen molar-refractivity contribution in [2.45, 2.75) is 19.0 Å². The van der Waals surface area contributed by atoms with Crippen LogP contribution in [-0.4, -0.2) is 17.1 Å². The highest BCUT2D eigenvalue weighted by Crippen LogP contribution is 2.18. The molecular formula is C6H8N2O. The van der Waals surface area contributed by atoms with Crippen LogP contribution in [-0.2, 0) is 0 Å². The fraction of sp³-hybridized carbons (Fsp3) is 0.500. The molecule has 0 unspecified atom stereocenters. The largest absolute Gasteiger partial charge is 0.324 e. The maximum Gasteiger partial charge on any atom is 0.324 e. The molecule has 1 saturated heterocycles. The summed E-state index contributed by atoms with van der Waals surface area (Å²) in [4.78, 5) is 12.4. The van der Waals surface area contributed by atoms with Gasteiger partial charge in [-0.2, -0.15) is 0 Å². The van der Waals surface area contributed by atoms with Gasteiger partial charge in [-0.1, -0.05) is 6.08 Å². The lowest BCUT2D eigenvalue weighted by Crippen LogP contribution is -2.63. The molecule has 3 heteroatoms. The van der Waals surface area contributed by atoms with Crippen molar-refractivity contribution < 1.29 is 4.79 Å². The molecule has 1 N–H and O–H groups in total. The normalized spacial score (nSPS) is 30.9.